The molecule has 0 bridgehead atoms. The lowest BCUT2D eigenvalue weighted by Gasteiger charge is -2.01. The van der Waals surface area contributed by atoms with E-state index in [2.05, 4.69) is 22.6 Å². The maximum atomic E-state index is 5.82. The van der Waals surface area contributed by atoms with Crippen molar-refractivity contribution in [3.05, 3.63) is 26.3 Å². The zero-order valence-corrected chi connectivity index (χ0v) is 8.40. The summed E-state index contributed by atoms with van der Waals surface area (Å²) in [7, 11) is 5.58. The van der Waals surface area contributed by atoms with Crippen molar-refractivity contribution in [2.75, 3.05) is 0 Å². The Morgan fingerprint density at radius 3 is 2.60 bits per heavy atom. The van der Waals surface area contributed by atoms with Gasteiger partial charge in [0.15, 0.2) is 0 Å². The van der Waals surface area contributed by atoms with E-state index in [0.717, 1.165) is 9.13 Å². The summed E-state index contributed by atoms with van der Waals surface area (Å²) in [6.07, 6.45) is 0. The molecule has 0 aliphatic heterocycles. The summed E-state index contributed by atoms with van der Waals surface area (Å²) < 4.78 is 1.01. The summed E-state index contributed by atoms with van der Waals surface area (Å²) in [6.45, 7) is 1.99. The highest BCUT2D eigenvalue weighted by atomic mass is 127. The van der Waals surface area contributed by atoms with Gasteiger partial charge in [0, 0.05) is 8.59 Å². The Kier molecular flexibility index (Phi) is 2.64. The molecule has 0 fully saturated rings. The molecule has 50 valence electrons. The average molecular weight is 262 g/mol. The van der Waals surface area contributed by atoms with Crippen molar-refractivity contribution in [2.45, 2.75) is 6.92 Å². The lowest BCUT2D eigenvalue weighted by molar-refractivity contribution is 1.47. The number of halogens is 2. The second kappa shape index (κ2) is 3.14. The van der Waals surface area contributed by atoms with Gasteiger partial charge in [-0.1, -0.05) is 28.7 Å². The summed E-state index contributed by atoms with van der Waals surface area (Å²) in [5, 5.41) is 0.659. The molecular weight excluding hydrogens is 257 g/mol. The zero-order chi connectivity index (χ0) is 7.72. The standard InChI is InChI=1S/C7H5BClI/c1-4-2-5(8)7(9)6(10)3-4/h2-3H,1H3. The number of aryl methyl sites for hydroxylation is 1. The highest BCUT2D eigenvalue weighted by Crippen LogP contribution is 2.16. The molecular formula is C7H5BClI. The van der Waals surface area contributed by atoms with Crippen LogP contribution in [0.3, 0.4) is 0 Å². The smallest absolute Gasteiger partial charge is 0.0838 e. The Morgan fingerprint density at radius 1 is 1.50 bits per heavy atom. The lowest BCUT2D eigenvalue weighted by Crippen LogP contribution is -2.05. The Balaban J connectivity index is 3.31. The zero-order valence-electron chi connectivity index (χ0n) is 5.49. The summed E-state index contributed by atoms with van der Waals surface area (Å²) in [5.41, 5.74) is 1.80. The van der Waals surface area contributed by atoms with E-state index < -0.39 is 0 Å². The van der Waals surface area contributed by atoms with Crippen LogP contribution in [-0.2, 0) is 0 Å². The second-order valence-electron chi connectivity index (χ2n) is 2.15. The van der Waals surface area contributed by atoms with Gasteiger partial charge in [-0.15, -0.1) is 0 Å². The maximum Gasteiger partial charge on any atom is 0.115 e. The summed E-state index contributed by atoms with van der Waals surface area (Å²) >= 11 is 7.98. The number of hydrogen-bond acceptors (Lipinski definition) is 0. The molecule has 1 aromatic carbocycles. The molecule has 1 rings (SSSR count). The molecule has 0 aromatic heterocycles. The highest BCUT2D eigenvalue weighted by Gasteiger charge is 1.99. The predicted molar refractivity (Wildman–Crippen MR) is 54.3 cm³/mol. The van der Waals surface area contributed by atoms with Gasteiger partial charge < -0.3 is 0 Å². The minimum Gasteiger partial charge on any atom is -0.0838 e. The van der Waals surface area contributed by atoms with Gasteiger partial charge in [0.2, 0.25) is 0 Å². The van der Waals surface area contributed by atoms with Gasteiger partial charge in [-0.05, 0) is 35.6 Å². The van der Waals surface area contributed by atoms with Gasteiger partial charge in [-0.3, -0.25) is 0 Å². The predicted octanol–water partition coefficient (Wildman–Crippen LogP) is 2.05. The Labute approximate surface area is 80.5 Å². The minimum atomic E-state index is 0.658. The first-order valence-electron chi connectivity index (χ1n) is 2.82. The van der Waals surface area contributed by atoms with E-state index in [-0.39, 0.29) is 0 Å². The van der Waals surface area contributed by atoms with Crippen molar-refractivity contribution in [1.29, 1.82) is 0 Å². The number of benzene rings is 1. The normalized spacial score (nSPS) is 9.90. The van der Waals surface area contributed by atoms with Crippen LogP contribution >= 0.6 is 34.2 Å². The van der Waals surface area contributed by atoms with E-state index in [4.69, 9.17) is 19.4 Å². The third kappa shape index (κ3) is 1.67. The summed E-state index contributed by atoms with van der Waals surface area (Å²) in [5.74, 6) is 0. The number of hydrogen-bond donors (Lipinski definition) is 0. The van der Waals surface area contributed by atoms with Crippen molar-refractivity contribution in [3.8, 4) is 0 Å². The van der Waals surface area contributed by atoms with E-state index in [1.165, 1.54) is 0 Å². The third-order valence-electron chi connectivity index (χ3n) is 1.20. The fourth-order valence-corrected chi connectivity index (χ4v) is 1.66. The largest absolute Gasteiger partial charge is 0.115 e. The van der Waals surface area contributed by atoms with Crippen molar-refractivity contribution in [2.24, 2.45) is 0 Å². The van der Waals surface area contributed by atoms with Crippen LogP contribution in [0.4, 0.5) is 0 Å². The van der Waals surface area contributed by atoms with Crippen LogP contribution in [0.15, 0.2) is 12.1 Å². The molecule has 0 amide bonds. The molecule has 10 heavy (non-hydrogen) atoms. The van der Waals surface area contributed by atoms with Crippen LogP contribution < -0.4 is 5.46 Å². The minimum absolute atomic E-state index is 0.658. The third-order valence-corrected chi connectivity index (χ3v) is 2.79. The van der Waals surface area contributed by atoms with Crippen molar-refractivity contribution in [3.63, 3.8) is 0 Å². The van der Waals surface area contributed by atoms with Gasteiger partial charge in [0.05, 0.1) is 0 Å². The van der Waals surface area contributed by atoms with E-state index in [1.54, 1.807) is 0 Å². The Morgan fingerprint density at radius 2 is 2.10 bits per heavy atom. The van der Waals surface area contributed by atoms with Gasteiger partial charge in [-0.2, -0.15) is 0 Å². The van der Waals surface area contributed by atoms with Gasteiger partial charge in [0.1, 0.15) is 7.85 Å². The van der Waals surface area contributed by atoms with Gasteiger partial charge >= 0.3 is 0 Å². The monoisotopic (exact) mass is 262 g/mol. The Bertz CT molecular complexity index is 237. The first-order valence-corrected chi connectivity index (χ1v) is 4.28. The van der Waals surface area contributed by atoms with E-state index in [9.17, 15) is 0 Å². The quantitative estimate of drug-likeness (QED) is 0.496. The number of rotatable bonds is 0. The van der Waals surface area contributed by atoms with Crippen LogP contribution in [0.2, 0.25) is 5.02 Å². The van der Waals surface area contributed by atoms with Crippen LogP contribution in [0.25, 0.3) is 0 Å². The maximum absolute atomic E-state index is 5.82. The van der Waals surface area contributed by atoms with Gasteiger partial charge in [-0.25, -0.2) is 0 Å². The SMILES string of the molecule is [B]c1cc(C)cc(I)c1Cl. The first kappa shape index (κ1) is 8.40. The van der Waals surface area contributed by atoms with Crippen LogP contribution in [0.1, 0.15) is 5.56 Å². The molecule has 2 radical (unpaired) electrons. The molecule has 0 nitrogen and oxygen atoms in total. The average Bonchev–Trinajstić information content (AvgIpc) is 1.82. The molecule has 3 heteroatoms. The molecule has 0 atom stereocenters. The second-order valence-corrected chi connectivity index (χ2v) is 3.69. The fourth-order valence-electron chi connectivity index (χ4n) is 0.751. The van der Waals surface area contributed by atoms with Crippen LogP contribution in [0.5, 0.6) is 0 Å². The summed E-state index contributed by atoms with van der Waals surface area (Å²) in [4.78, 5) is 0. The molecule has 0 saturated heterocycles. The van der Waals surface area contributed by atoms with Crippen molar-refractivity contribution < 1.29 is 0 Å². The highest BCUT2D eigenvalue weighted by molar-refractivity contribution is 14.1. The first-order chi connectivity index (χ1) is 4.61. The molecule has 0 heterocycles. The topological polar surface area (TPSA) is 0 Å². The lowest BCUT2D eigenvalue weighted by atomic mass is 9.95. The fraction of sp³-hybridized carbons (Fsp3) is 0.143. The summed E-state index contributed by atoms with van der Waals surface area (Å²) in [6, 6.07) is 3.86. The van der Waals surface area contributed by atoms with E-state index >= 15 is 0 Å². The van der Waals surface area contributed by atoms with Crippen LogP contribution in [0, 0.1) is 10.5 Å². The van der Waals surface area contributed by atoms with Gasteiger partial charge in [0.25, 0.3) is 0 Å². The Hall–Kier alpha value is 0.305. The molecule has 0 saturated carbocycles. The molecule has 0 spiro atoms. The molecule has 0 aliphatic carbocycles. The van der Waals surface area contributed by atoms with Crippen molar-refractivity contribution in [1.82, 2.24) is 0 Å². The molecule has 1 aromatic rings. The molecule has 0 N–H and O–H groups in total. The van der Waals surface area contributed by atoms with Crippen molar-refractivity contribution >= 4 is 47.5 Å². The van der Waals surface area contributed by atoms with Crippen LogP contribution in [-0.4, -0.2) is 7.85 Å². The van der Waals surface area contributed by atoms with E-state index in [0.29, 0.717) is 10.5 Å². The molecule has 0 unspecified atom stereocenters. The molecule has 0 aliphatic rings. The van der Waals surface area contributed by atoms with E-state index in [1.807, 2.05) is 19.1 Å².